The van der Waals surface area contributed by atoms with E-state index in [2.05, 4.69) is 17.1 Å². The van der Waals surface area contributed by atoms with Gasteiger partial charge in [0.15, 0.2) is 5.11 Å². The van der Waals surface area contributed by atoms with Gasteiger partial charge in [0, 0.05) is 20.1 Å². The molecule has 0 aliphatic carbocycles. The van der Waals surface area contributed by atoms with Gasteiger partial charge in [-0.15, -0.1) is 0 Å². The van der Waals surface area contributed by atoms with Crippen molar-refractivity contribution in [3.63, 3.8) is 0 Å². The second-order valence-corrected chi connectivity index (χ2v) is 3.64. The van der Waals surface area contributed by atoms with Gasteiger partial charge in [0.05, 0.1) is 0 Å². The second-order valence-electron chi connectivity index (χ2n) is 3.25. The van der Waals surface area contributed by atoms with Crippen LogP contribution < -0.4 is 5.32 Å². The molecule has 1 aliphatic rings. The number of nitrogens with one attached hydrogen (secondary N) is 1. The molecule has 0 amide bonds. The molecule has 0 radical (unpaired) electrons. The van der Waals surface area contributed by atoms with Crippen LogP contribution in [-0.2, 0) is 0 Å². The normalized spacial score (nSPS) is 24.9. The first-order valence-corrected chi connectivity index (χ1v) is 4.61. The maximum Gasteiger partial charge on any atom is 0.168 e. The maximum atomic E-state index is 5.14. The minimum Gasteiger partial charge on any atom is -0.366 e. The van der Waals surface area contributed by atoms with Gasteiger partial charge in [-0.05, 0) is 31.0 Å². The summed E-state index contributed by atoms with van der Waals surface area (Å²) in [6.45, 7) is 4.54. The van der Waals surface area contributed by atoms with Crippen LogP contribution in [0.2, 0.25) is 0 Å². The van der Waals surface area contributed by atoms with Gasteiger partial charge < -0.3 is 10.2 Å². The fourth-order valence-electron chi connectivity index (χ4n) is 1.53. The average Bonchev–Trinajstić information content (AvgIpc) is 2.03. The molecule has 1 heterocycles. The molecule has 1 aliphatic heterocycles. The molecule has 2 nitrogen and oxygen atoms in total. The molecule has 11 heavy (non-hydrogen) atoms. The third kappa shape index (κ3) is 2.33. The summed E-state index contributed by atoms with van der Waals surface area (Å²) < 4.78 is 0. The fraction of sp³-hybridized carbons (Fsp3) is 0.875. The Hall–Kier alpha value is -0.310. The van der Waals surface area contributed by atoms with Gasteiger partial charge in [0.2, 0.25) is 0 Å². The minimum atomic E-state index is 0.801. The van der Waals surface area contributed by atoms with Crippen molar-refractivity contribution in [1.29, 1.82) is 0 Å². The molecule has 1 rings (SSSR count). The first-order valence-electron chi connectivity index (χ1n) is 4.20. The van der Waals surface area contributed by atoms with Gasteiger partial charge in [-0.1, -0.05) is 6.92 Å². The zero-order chi connectivity index (χ0) is 8.27. The number of likely N-dealkylation sites (tertiary alicyclic amines) is 1. The lowest BCUT2D eigenvalue weighted by molar-refractivity contribution is 0.272. The molecular formula is C8H16N2S. The number of rotatable bonds is 0. The van der Waals surface area contributed by atoms with E-state index in [4.69, 9.17) is 12.2 Å². The van der Waals surface area contributed by atoms with Crippen LogP contribution in [0.4, 0.5) is 0 Å². The van der Waals surface area contributed by atoms with Crippen LogP contribution in [-0.4, -0.2) is 30.1 Å². The van der Waals surface area contributed by atoms with Gasteiger partial charge in [0.25, 0.3) is 0 Å². The first-order chi connectivity index (χ1) is 5.24. The maximum absolute atomic E-state index is 5.14. The van der Waals surface area contributed by atoms with E-state index in [1.54, 1.807) is 0 Å². The van der Waals surface area contributed by atoms with Crippen molar-refractivity contribution in [2.45, 2.75) is 19.8 Å². The van der Waals surface area contributed by atoms with Crippen molar-refractivity contribution in [3.8, 4) is 0 Å². The summed E-state index contributed by atoms with van der Waals surface area (Å²) in [5, 5.41) is 3.91. The Bertz CT molecular complexity index is 147. The predicted molar refractivity (Wildman–Crippen MR) is 51.6 cm³/mol. The zero-order valence-electron chi connectivity index (χ0n) is 7.26. The van der Waals surface area contributed by atoms with Gasteiger partial charge in [-0.3, -0.25) is 0 Å². The molecule has 0 bridgehead atoms. The van der Waals surface area contributed by atoms with E-state index in [-0.39, 0.29) is 0 Å². The zero-order valence-corrected chi connectivity index (χ0v) is 8.08. The summed E-state index contributed by atoms with van der Waals surface area (Å²) in [5.41, 5.74) is 0. The summed E-state index contributed by atoms with van der Waals surface area (Å²) >= 11 is 5.14. The van der Waals surface area contributed by atoms with E-state index in [1.165, 1.54) is 12.8 Å². The highest BCUT2D eigenvalue weighted by molar-refractivity contribution is 7.80. The Morgan fingerprint density at radius 3 is 2.91 bits per heavy atom. The molecule has 0 aromatic carbocycles. The highest BCUT2D eigenvalue weighted by Gasteiger charge is 2.16. The van der Waals surface area contributed by atoms with Crippen LogP contribution in [0.5, 0.6) is 0 Å². The van der Waals surface area contributed by atoms with Crippen molar-refractivity contribution >= 4 is 17.3 Å². The number of hydrogen-bond acceptors (Lipinski definition) is 1. The van der Waals surface area contributed by atoms with Crippen LogP contribution >= 0.6 is 12.2 Å². The lowest BCUT2D eigenvalue weighted by Crippen LogP contribution is -2.43. The molecule has 1 unspecified atom stereocenters. The van der Waals surface area contributed by atoms with Crippen molar-refractivity contribution < 1.29 is 0 Å². The molecule has 1 fully saturated rings. The highest BCUT2D eigenvalue weighted by Crippen LogP contribution is 2.14. The topological polar surface area (TPSA) is 15.3 Å². The monoisotopic (exact) mass is 172 g/mol. The number of nitrogens with zero attached hydrogens (tertiary/aromatic N) is 1. The third-order valence-electron chi connectivity index (χ3n) is 2.16. The van der Waals surface area contributed by atoms with E-state index in [0.29, 0.717) is 0 Å². The van der Waals surface area contributed by atoms with Crippen LogP contribution in [0.3, 0.4) is 0 Å². The first kappa shape index (κ1) is 8.78. The summed E-state index contributed by atoms with van der Waals surface area (Å²) in [4.78, 5) is 2.25. The number of piperidine rings is 1. The lowest BCUT2D eigenvalue weighted by atomic mass is 10.0. The highest BCUT2D eigenvalue weighted by atomic mass is 32.1. The number of hydrogen-bond donors (Lipinski definition) is 1. The van der Waals surface area contributed by atoms with Crippen molar-refractivity contribution in [1.82, 2.24) is 10.2 Å². The summed E-state index contributed by atoms with van der Waals surface area (Å²) in [6.07, 6.45) is 2.63. The standard InChI is InChI=1S/C8H16N2S/c1-7-4-3-5-10(6-7)8(11)9-2/h7H,3-6H2,1-2H3,(H,9,11). The van der Waals surface area contributed by atoms with Gasteiger partial charge >= 0.3 is 0 Å². The van der Waals surface area contributed by atoms with Crippen LogP contribution in [0, 0.1) is 5.92 Å². The van der Waals surface area contributed by atoms with Crippen molar-refractivity contribution in [2.75, 3.05) is 20.1 Å². The Kier molecular flexibility index (Phi) is 3.12. The summed E-state index contributed by atoms with van der Waals surface area (Å²) in [5.74, 6) is 0.801. The van der Waals surface area contributed by atoms with Gasteiger partial charge in [-0.25, -0.2) is 0 Å². The lowest BCUT2D eigenvalue weighted by Gasteiger charge is -2.32. The molecule has 0 aromatic heterocycles. The van der Waals surface area contributed by atoms with Crippen LogP contribution in [0.25, 0.3) is 0 Å². The Morgan fingerprint density at radius 2 is 2.36 bits per heavy atom. The Labute approximate surface area is 74.0 Å². The van der Waals surface area contributed by atoms with Crippen LogP contribution in [0.15, 0.2) is 0 Å². The Morgan fingerprint density at radius 1 is 1.64 bits per heavy atom. The van der Waals surface area contributed by atoms with E-state index in [0.717, 1.165) is 24.1 Å². The SMILES string of the molecule is CNC(=S)N1CCCC(C)C1. The molecule has 1 atom stereocenters. The quantitative estimate of drug-likeness (QED) is 0.553. The number of thiocarbonyl (C=S) groups is 1. The molecular weight excluding hydrogens is 156 g/mol. The molecule has 3 heteroatoms. The second kappa shape index (κ2) is 3.90. The molecule has 0 spiro atoms. The summed E-state index contributed by atoms with van der Waals surface area (Å²) in [6, 6.07) is 0. The largest absolute Gasteiger partial charge is 0.366 e. The van der Waals surface area contributed by atoms with Gasteiger partial charge in [-0.2, -0.15) is 0 Å². The van der Waals surface area contributed by atoms with E-state index in [9.17, 15) is 0 Å². The van der Waals surface area contributed by atoms with Crippen LogP contribution in [0.1, 0.15) is 19.8 Å². The fourth-order valence-corrected chi connectivity index (χ4v) is 1.70. The van der Waals surface area contributed by atoms with E-state index < -0.39 is 0 Å². The average molecular weight is 172 g/mol. The molecule has 1 N–H and O–H groups in total. The molecule has 0 aromatic rings. The van der Waals surface area contributed by atoms with Crippen molar-refractivity contribution in [3.05, 3.63) is 0 Å². The molecule has 1 saturated heterocycles. The predicted octanol–water partition coefficient (Wildman–Crippen LogP) is 1.22. The summed E-state index contributed by atoms with van der Waals surface area (Å²) in [7, 11) is 1.89. The van der Waals surface area contributed by atoms with Crippen molar-refractivity contribution in [2.24, 2.45) is 5.92 Å². The smallest absolute Gasteiger partial charge is 0.168 e. The molecule has 0 saturated carbocycles. The Balaban J connectivity index is 2.39. The molecule has 64 valence electrons. The van der Waals surface area contributed by atoms with E-state index >= 15 is 0 Å². The third-order valence-corrected chi connectivity index (χ3v) is 2.62. The van der Waals surface area contributed by atoms with E-state index in [1.807, 2.05) is 7.05 Å². The minimum absolute atomic E-state index is 0.801. The van der Waals surface area contributed by atoms with Gasteiger partial charge in [0.1, 0.15) is 0 Å².